The fourth-order valence-electron chi connectivity index (χ4n) is 4.71. The molecule has 2 atom stereocenters. The van der Waals surface area contributed by atoms with Crippen LogP contribution >= 0.6 is 11.8 Å². The van der Waals surface area contributed by atoms with E-state index in [4.69, 9.17) is 4.74 Å². The summed E-state index contributed by atoms with van der Waals surface area (Å²) in [5.41, 5.74) is 5.06. The Morgan fingerprint density at radius 3 is 2.86 bits per heavy atom. The van der Waals surface area contributed by atoms with Crippen LogP contribution in [-0.2, 0) is 4.79 Å². The minimum absolute atomic E-state index is 0.0854. The van der Waals surface area contributed by atoms with E-state index in [0.29, 0.717) is 11.1 Å². The van der Waals surface area contributed by atoms with Crippen LogP contribution < -0.4 is 10.2 Å². The van der Waals surface area contributed by atoms with Gasteiger partial charge in [0.1, 0.15) is 12.1 Å². The van der Waals surface area contributed by atoms with Crippen LogP contribution in [0, 0.1) is 16.7 Å². The van der Waals surface area contributed by atoms with Crippen molar-refractivity contribution in [2.24, 2.45) is 21.8 Å². The van der Waals surface area contributed by atoms with Gasteiger partial charge in [0, 0.05) is 11.1 Å². The van der Waals surface area contributed by atoms with Crippen molar-refractivity contribution in [3.8, 4) is 11.4 Å². The molecule has 0 radical (unpaired) electrons. The first-order valence-corrected chi connectivity index (χ1v) is 10.9. The molecular weight excluding hydrogens is 386 g/mol. The molecule has 2 aliphatic carbocycles. The molecule has 2 aromatic rings. The number of rotatable bonds is 6. The number of fused-ring (bicyclic) bond motifs is 2. The summed E-state index contributed by atoms with van der Waals surface area (Å²) in [6.45, 7) is 6.94. The van der Waals surface area contributed by atoms with Gasteiger partial charge in [-0.3, -0.25) is 9.36 Å². The van der Waals surface area contributed by atoms with Gasteiger partial charge in [0.2, 0.25) is 0 Å². The van der Waals surface area contributed by atoms with E-state index in [0.717, 1.165) is 30.0 Å². The number of amides is 1. The number of hydrogen-bond donors (Lipinski definition) is 1. The van der Waals surface area contributed by atoms with E-state index in [9.17, 15) is 4.79 Å². The maximum atomic E-state index is 12.4. The predicted molar refractivity (Wildman–Crippen MR) is 113 cm³/mol. The molecule has 1 amide bonds. The molecular formula is C21H27N5O2S. The second-order valence-electron chi connectivity index (χ2n) is 8.53. The molecule has 2 fully saturated rings. The number of hydrogen-bond acceptors (Lipinski definition) is 6. The summed E-state index contributed by atoms with van der Waals surface area (Å²) in [5.74, 6) is 1.46. The maximum Gasteiger partial charge on any atom is 0.250 e. The highest BCUT2D eigenvalue weighted by Gasteiger charge is 2.60. The molecule has 4 rings (SSSR count). The molecule has 2 bridgehead atoms. The summed E-state index contributed by atoms with van der Waals surface area (Å²) in [6.07, 6.45) is 5.01. The lowest BCUT2D eigenvalue weighted by atomic mass is 9.70. The topological polar surface area (TPSA) is 81.4 Å². The van der Waals surface area contributed by atoms with Crippen LogP contribution in [0.2, 0.25) is 0 Å². The molecule has 0 spiro atoms. The summed E-state index contributed by atoms with van der Waals surface area (Å²) < 4.78 is 7.23. The van der Waals surface area contributed by atoms with E-state index in [-0.39, 0.29) is 22.5 Å². The van der Waals surface area contributed by atoms with Gasteiger partial charge in [-0.25, -0.2) is 5.43 Å². The lowest BCUT2D eigenvalue weighted by molar-refractivity contribution is -0.118. The smallest absolute Gasteiger partial charge is 0.250 e. The highest BCUT2D eigenvalue weighted by Crippen LogP contribution is 2.63. The van der Waals surface area contributed by atoms with E-state index in [1.165, 1.54) is 18.2 Å². The number of carbonyl (C=O) groups is 1. The fourth-order valence-corrected chi connectivity index (χ4v) is 5.42. The molecule has 1 N–H and O–H groups in total. The number of thioether (sulfide) groups is 1. The average Bonchev–Trinajstić information content (AvgIpc) is 3.32. The monoisotopic (exact) mass is 413 g/mol. The summed E-state index contributed by atoms with van der Waals surface area (Å²) in [7, 11) is 1.63. The Labute approximate surface area is 175 Å². The van der Waals surface area contributed by atoms with E-state index in [2.05, 4.69) is 41.5 Å². The molecule has 1 aromatic carbocycles. The van der Waals surface area contributed by atoms with Crippen LogP contribution in [0.4, 0.5) is 0 Å². The first-order valence-electron chi connectivity index (χ1n) is 9.89. The second kappa shape index (κ2) is 7.48. The van der Waals surface area contributed by atoms with Crippen molar-refractivity contribution < 1.29 is 9.53 Å². The SMILES string of the molecule is COc1ccccc1-n1cnnc1SCC(=O)N/N=C1\CC2CCC1(C)C2(C)C. The minimum Gasteiger partial charge on any atom is -0.495 e. The summed E-state index contributed by atoms with van der Waals surface area (Å²) >= 11 is 1.33. The van der Waals surface area contributed by atoms with Gasteiger partial charge in [-0.1, -0.05) is 44.7 Å². The maximum absolute atomic E-state index is 12.4. The van der Waals surface area contributed by atoms with E-state index >= 15 is 0 Å². The van der Waals surface area contributed by atoms with Gasteiger partial charge < -0.3 is 4.74 Å². The highest BCUT2D eigenvalue weighted by molar-refractivity contribution is 7.99. The number of carbonyl (C=O) groups excluding carboxylic acids is 1. The molecule has 0 saturated heterocycles. The van der Waals surface area contributed by atoms with Crippen LogP contribution in [0.1, 0.15) is 40.0 Å². The van der Waals surface area contributed by atoms with Crippen molar-refractivity contribution in [3.05, 3.63) is 30.6 Å². The number of benzene rings is 1. The second-order valence-corrected chi connectivity index (χ2v) is 9.47. The third-order valence-electron chi connectivity index (χ3n) is 7.02. The summed E-state index contributed by atoms with van der Waals surface area (Å²) in [5, 5.41) is 13.3. The summed E-state index contributed by atoms with van der Waals surface area (Å²) in [6, 6.07) is 7.63. The number of aromatic nitrogens is 3. The third-order valence-corrected chi connectivity index (χ3v) is 7.96. The zero-order valence-corrected chi connectivity index (χ0v) is 18.1. The number of nitrogens with one attached hydrogen (secondary N) is 1. The van der Waals surface area contributed by atoms with Crippen LogP contribution in [-0.4, -0.2) is 39.2 Å². The molecule has 1 heterocycles. The van der Waals surface area contributed by atoms with Crippen LogP contribution in [0.3, 0.4) is 0 Å². The number of para-hydroxylation sites is 2. The van der Waals surface area contributed by atoms with Crippen molar-refractivity contribution in [3.63, 3.8) is 0 Å². The highest BCUT2D eigenvalue weighted by atomic mass is 32.2. The Morgan fingerprint density at radius 2 is 2.17 bits per heavy atom. The number of ether oxygens (including phenoxy) is 1. The Morgan fingerprint density at radius 1 is 1.38 bits per heavy atom. The molecule has 1 aromatic heterocycles. The number of nitrogens with zero attached hydrogens (tertiary/aromatic N) is 4. The molecule has 2 unspecified atom stereocenters. The molecule has 7 nitrogen and oxygen atoms in total. The van der Waals surface area contributed by atoms with E-state index in [1.54, 1.807) is 13.4 Å². The molecule has 29 heavy (non-hydrogen) atoms. The zero-order valence-electron chi connectivity index (χ0n) is 17.3. The van der Waals surface area contributed by atoms with Crippen LogP contribution in [0.5, 0.6) is 5.75 Å². The molecule has 8 heteroatoms. The van der Waals surface area contributed by atoms with Gasteiger partial charge in [0.05, 0.1) is 18.6 Å². The lowest BCUT2D eigenvalue weighted by Crippen LogP contribution is -2.34. The molecule has 2 aliphatic rings. The standard InChI is InChI=1S/C21H27N5O2S/c1-20(2)14-9-10-21(20,3)17(11-14)23-24-18(27)12-29-19-25-22-13-26(19)15-7-5-6-8-16(15)28-4/h5-8,13-14H,9-12H2,1-4H3,(H,24,27)/b23-17+. The Bertz CT molecular complexity index is 954. The molecule has 0 aliphatic heterocycles. The number of hydrazone groups is 1. The minimum atomic E-state index is -0.138. The first kappa shape index (κ1) is 19.9. The quantitative estimate of drug-likeness (QED) is 0.577. The van der Waals surface area contributed by atoms with Gasteiger partial charge in [-0.15, -0.1) is 10.2 Å². The Kier molecular flexibility index (Phi) is 5.14. The van der Waals surface area contributed by atoms with Crippen molar-refractivity contribution in [2.75, 3.05) is 12.9 Å². The zero-order chi connectivity index (χ0) is 20.6. The normalized spacial score (nSPS) is 26.1. The van der Waals surface area contributed by atoms with Gasteiger partial charge in [-0.05, 0) is 42.7 Å². The largest absolute Gasteiger partial charge is 0.495 e. The Hall–Kier alpha value is -2.35. The first-order chi connectivity index (χ1) is 13.9. The molecule has 154 valence electrons. The van der Waals surface area contributed by atoms with Crippen molar-refractivity contribution in [2.45, 2.75) is 45.2 Å². The Balaban J connectivity index is 1.40. The van der Waals surface area contributed by atoms with E-state index < -0.39 is 0 Å². The van der Waals surface area contributed by atoms with Gasteiger partial charge in [-0.2, -0.15) is 5.10 Å². The molecule has 2 saturated carbocycles. The lowest BCUT2D eigenvalue weighted by Gasteiger charge is -2.34. The van der Waals surface area contributed by atoms with Gasteiger partial charge in [0.15, 0.2) is 5.16 Å². The fraction of sp³-hybridized carbons (Fsp3) is 0.524. The predicted octanol–water partition coefficient (Wildman–Crippen LogP) is 3.69. The van der Waals surface area contributed by atoms with Crippen LogP contribution in [0.15, 0.2) is 40.9 Å². The number of methoxy groups -OCH3 is 1. The third kappa shape index (κ3) is 3.33. The van der Waals surface area contributed by atoms with Crippen molar-refractivity contribution in [1.29, 1.82) is 0 Å². The van der Waals surface area contributed by atoms with Crippen molar-refractivity contribution in [1.82, 2.24) is 20.2 Å². The van der Waals surface area contributed by atoms with Gasteiger partial charge >= 0.3 is 0 Å². The van der Waals surface area contributed by atoms with Crippen molar-refractivity contribution >= 4 is 23.4 Å². The summed E-state index contributed by atoms with van der Waals surface area (Å²) in [4.78, 5) is 12.4. The average molecular weight is 414 g/mol. The van der Waals surface area contributed by atoms with Crippen LogP contribution in [0.25, 0.3) is 5.69 Å². The van der Waals surface area contributed by atoms with E-state index in [1.807, 2.05) is 28.8 Å². The van der Waals surface area contributed by atoms with Gasteiger partial charge in [0.25, 0.3) is 5.91 Å².